The van der Waals surface area contributed by atoms with Crippen molar-refractivity contribution < 1.29 is 19.1 Å². The highest BCUT2D eigenvalue weighted by atomic mass is 16.5. The number of hydrogen-bond acceptors (Lipinski definition) is 4. The predicted molar refractivity (Wildman–Crippen MR) is 165 cm³/mol. The zero-order chi connectivity index (χ0) is 30.6. The number of allylic oxidation sites excluding steroid dienone is 1. The zero-order valence-corrected chi connectivity index (χ0v) is 28.0. The number of rotatable bonds is 4. The maximum absolute atomic E-state index is 14.0. The molecule has 0 aromatic rings. The van der Waals surface area contributed by atoms with Gasteiger partial charge in [-0.2, -0.15) is 0 Å². The van der Waals surface area contributed by atoms with Gasteiger partial charge in [-0.25, -0.2) is 0 Å². The fourth-order valence-electron chi connectivity index (χ4n) is 12.4. The molecule has 0 bridgehead atoms. The summed E-state index contributed by atoms with van der Waals surface area (Å²) < 4.78 is 6.04. The van der Waals surface area contributed by atoms with Gasteiger partial charge in [0.2, 0.25) is 0 Å². The molecule has 234 valence electrons. The summed E-state index contributed by atoms with van der Waals surface area (Å²) in [5.74, 6) is 2.19. The lowest BCUT2D eigenvalue weighted by atomic mass is 9.32. The molecule has 6 rings (SSSR count). The number of amides is 1. The first-order valence-corrected chi connectivity index (χ1v) is 17.3. The van der Waals surface area contributed by atoms with E-state index in [1.165, 1.54) is 44.6 Å². The van der Waals surface area contributed by atoms with Crippen LogP contribution in [0, 0.1) is 56.7 Å². The number of nitrogens with zero attached hydrogens (tertiary/aromatic N) is 1. The lowest BCUT2D eigenvalue weighted by molar-refractivity contribution is -0.223. The van der Waals surface area contributed by atoms with Crippen molar-refractivity contribution in [3.05, 3.63) is 11.1 Å². The van der Waals surface area contributed by atoms with Crippen LogP contribution in [0.1, 0.15) is 127 Å². The van der Waals surface area contributed by atoms with Gasteiger partial charge in [0.05, 0.1) is 0 Å². The minimum Gasteiger partial charge on any atom is -0.451 e. The number of Topliss-reactive ketones (excluding diaryl/α,β-unsaturated/α-hetero) is 1. The quantitative estimate of drug-likeness (QED) is 0.319. The monoisotopic (exact) mass is 579 g/mol. The van der Waals surface area contributed by atoms with E-state index in [9.17, 15) is 14.4 Å². The fraction of sp³-hybridized carbons (Fsp3) is 0.865. The minimum absolute atomic E-state index is 0.0429. The molecule has 1 heterocycles. The maximum atomic E-state index is 14.0. The average Bonchev–Trinajstić information content (AvgIpc) is 3.17. The SMILES string of the molecule is CC(=O)OC(C(=O)N1CCC1)[C@@]12CC[C@]3(C)[C@H](CC[C@@H]4[C@@]5(C)CC[C@H](C)C(C)(C)[C@@H]5CC[C@]43C)C1=C(C(C)C)C(=O)C2. The minimum atomic E-state index is -0.894. The second-order valence-corrected chi connectivity index (χ2v) is 17.3. The molecule has 5 heteroatoms. The molecule has 0 aromatic carbocycles. The third-order valence-corrected chi connectivity index (χ3v) is 15.2. The molecule has 6 aliphatic rings. The number of ketones is 1. The average molecular weight is 580 g/mol. The number of fused-ring (bicyclic) bond motifs is 7. The molecule has 0 N–H and O–H groups in total. The fourth-order valence-corrected chi connectivity index (χ4v) is 12.4. The molecule has 9 atom stereocenters. The van der Waals surface area contributed by atoms with Gasteiger partial charge in [0.15, 0.2) is 11.9 Å². The van der Waals surface area contributed by atoms with E-state index in [4.69, 9.17) is 4.74 Å². The molecule has 5 aliphatic carbocycles. The number of likely N-dealkylation sites (tertiary alicyclic amines) is 1. The van der Waals surface area contributed by atoms with Crippen molar-refractivity contribution in [1.82, 2.24) is 4.90 Å². The summed E-state index contributed by atoms with van der Waals surface area (Å²) in [6.07, 6.45) is 9.56. The molecule has 5 fully saturated rings. The van der Waals surface area contributed by atoms with E-state index in [1.54, 1.807) is 0 Å². The van der Waals surface area contributed by atoms with Gasteiger partial charge >= 0.3 is 5.97 Å². The Morgan fingerprint density at radius 2 is 1.57 bits per heavy atom. The van der Waals surface area contributed by atoms with Crippen LogP contribution in [0.4, 0.5) is 0 Å². The number of hydrogen-bond donors (Lipinski definition) is 0. The number of ether oxygens (including phenoxy) is 1. The number of carbonyl (C=O) groups is 3. The lowest BCUT2D eigenvalue weighted by Crippen LogP contribution is -2.66. The Morgan fingerprint density at radius 3 is 2.17 bits per heavy atom. The summed E-state index contributed by atoms with van der Waals surface area (Å²) >= 11 is 0. The maximum Gasteiger partial charge on any atom is 0.303 e. The van der Waals surface area contributed by atoms with Crippen LogP contribution in [-0.4, -0.2) is 41.8 Å². The van der Waals surface area contributed by atoms with Gasteiger partial charge in [-0.05, 0) is 120 Å². The van der Waals surface area contributed by atoms with Gasteiger partial charge < -0.3 is 9.64 Å². The summed E-state index contributed by atoms with van der Waals surface area (Å²) in [7, 11) is 0. The highest BCUT2D eigenvalue weighted by Crippen LogP contribution is 2.77. The lowest BCUT2D eigenvalue weighted by Gasteiger charge is -2.72. The molecular weight excluding hydrogens is 522 g/mol. The van der Waals surface area contributed by atoms with Crippen molar-refractivity contribution in [1.29, 1.82) is 0 Å². The van der Waals surface area contributed by atoms with Crippen LogP contribution >= 0.6 is 0 Å². The van der Waals surface area contributed by atoms with E-state index in [0.29, 0.717) is 36.3 Å². The summed E-state index contributed by atoms with van der Waals surface area (Å²) in [4.78, 5) is 42.4. The third-order valence-electron chi connectivity index (χ3n) is 15.2. The van der Waals surface area contributed by atoms with Crippen molar-refractivity contribution in [2.24, 2.45) is 56.7 Å². The van der Waals surface area contributed by atoms with Crippen LogP contribution < -0.4 is 0 Å². The molecule has 0 spiro atoms. The first kappa shape index (κ1) is 30.4. The summed E-state index contributed by atoms with van der Waals surface area (Å²) in [5.41, 5.74) is 2.37. The van der Waals surface area contributed by atoms with Crippen LogP contribution in [0.15, 0.2) is 11.1 Å². The first-order chi connectivity index (χ1) is 19.5. The third kappa shape index (κ3) is 3.82. The van der Waals surface area contributed by atoms with E-state index in [0.717, 1.165) is 43.1 Å². The Labute approximate surface area is 255 Å². The molecule has 42 heavy (non-hydrogen) atoms. The number of esters is 1. The predicted octanol–water partition coefficient (Wildman–Crippen LogP) is 7.77. The molecule has 4 saturated carbocycles. The Kier molecular flexibility index (Phi) is 7.00. The van der Waals surface area contributed by atoms with E-state index in [2.05, 4.69) is 55.4 Å². The van der Waals surface area contributed by atoms with Crippen LogP contribution in [0.25, 0.3) is 0 Å². The highest BCUT2D eigenvalue weighted by molar-refractivity contribution is 6.02. The largest absolute Gasteiger partial charge is 0.451 e. The Bertz CT molecular complexity index is 1210. The molecule has 0 radical (unpaired) electrons. The van der Waals surface area contributed by atoms with Crippen molar-refractivity contribution in [3.63, 3.8) is 0 Å². The standard InChI is InChI=1S/C37H57NO4/c1-22(2)29-26(40)21-37(31(42-24(4)39)32(41)38-19-10-20-38)18-17-35(8)25(30(29)37)11-12-28-34(7)15-13-23(3)33(5,6)27(34)14-16-36(28,35)9/h22-23,25,27-28,31H,10-21H2,1-9H3/t23-,25+,27-,28+,31?,34-,35+,36+,37+/m0/s1. The summed E-state index contributed by atoms with van der Waals surface area (Å²) in [5, 5.41) is 0. The Balaban J connectivity index is 1.46. The van der Waals surface area contributed by atoms with Crippen molar-refractivity contribution in [2.45, 2.75) is 133 Å². The van der Waals surface area contributed by atoms with Gasteiger partial charge in [0, 0.05) is 31.8 Å². The molecule has 1 aliphatic heterocycles. The Hall–Kier alpha value is -1.65. The number of carbonyl (C=O) groups excluding carboxylic acids is 3. The molecule has 1 unspecified atom stereocenters. The molecule has 1 amide bonds. The van der Waals surface area contributed by atoms with Gasteiger partial charge in [-0.3, -0.25) is 14.4 Å². The zero-order valence-electron chi connectivity index (χ0n) is 28.0. The van der Waals surface area contributed by atoms with E-state index >= 15 is 0 Å². The van der Waals surface area contributed by atoms with Crippen LogP contribution in [0.2, 0.25) is 0 Å². The molecular formula is C37H57NO4. The molecule has 5 nitrogen and oxygen atoms in total. The van der Waals surface area contributed by atoms with E-state index < -0.39 is 17.5 Å². The first-order valence-electron chi connectivity index (χ1n) is 17.3. The highest BCUT2D eigenvalue weighted by Gasteiger charge is 2.71. The van der Waals surface area contributed by atoms with Gasteiger partial charge in [0.25, 0.3) is 5.91 Å². The van der Waals surface area contributed by atoms with Crippen molar-refractivity contribution >= 4 is 17.7 Å². The normalized spacial score (nSPS) is 44.9. The smallest absolute Gasteiger partial charge is 0.303 e. The van der Waals surface area contributed by atoms with Crippen LogP contribution in [0.3, 0.4) is 0 Å². The second kappa shape index (κ2) is 9.67. The summed E-state index contributed by atoms with van der Waals surface area (Å²) in [6, 6.07) is 0. The van der Waals surface area contributed by atoms with Crippen molar-refractivity contribution in [3.8, 4) is 0 Å². The summed E-state index contributed by atoms with van der Waals surface area (Å²) in [6.45, 7) is 22.5. The van der Waals surface area contributed by atoms with Crippen molar-refractivity contribution in [2.75, 3.05) is 13.1 Å². The second-order valence-electron chi connectivity index (χ2n) is 17.3. The Morgan fingerprint density at radius 1 is 0.881 bits per heavy atom. The van der Waals surface area contributed by atoms with Crippen LogP contribution in [0.5, 0.6) is 0 Å². The van der Waals surface area contributed by atoms with E-state index in [1.807, 2.05) is 4.90 Å². The van der Waals surface area contributed by atoms with Crippen LogP contribution in [-0.2, 0) is 19.1 Å². The van der Waals surface area contributed by atoms with E-state index in [-0.39, 0.29) is 34.4 Å². The molecule has 0 aromatic heterocycles. The van der Waals surface area contributed by atoms with Gasteiger partial charge in [-0.15, -0.1) is 0 Å². The molecule has 1 saturated heterocycles. The van der Waals surface area contributed by atoms with Gasteiger partial charge in [0.1, 0.15) is 0 Å². The topological polar surface area (TPSA) is 63.7 Å². The van der Waals surface area contributed by atoms with Gasteiger partial charge in [-0.1, -0.05) is 55.4 Å².